The third-order valence-corrected chi connectivity index (χ3v) is 6.31. The Kier molecular flexibility index (Phi) is 5.64. The average molecular weight is 438 g/mol. The Morgan fingerprint density at radius 3 is 2.80 bits per heavy atom. The van der Waals surface area contributed by atoms with Crippen LogP contribution in [0.15, 0.2) is 65.1 Å². The molecule has 0 fully saturated rings. The van der Waals surface area contributed by atoms with Crippen LogP contribution in [0, 0.1) is 10.1 Å². The number of para-hydroxylation sites is 1. The highest BCUT2D eigenvalue weighted by Crippen LogP contribution is 2.36. The van der Waals surface area contributed by atoms with Crippen molar-refractivity contribution in [3.63, 3.8) is 0 Å². The second-order valence-electron chi connectivity index (χ2n) is 6.19. The molecule has 0 unspecified atom stereocenters. The number of benzene rings is 2. The predicted octanol–water partition coefficient (Wildman–Crippen LogP) is 5.78. The van der Waals surface area contributed by atoms with E-state index >= 15 is 0 Å². The van der Waals surface area contributed by atoms with E-state index in [-0.39, 0.29) is 11.4 Å². The Morgan fingerprint density at radius 2 is 2.03 bits per heavy atom. The lowest BCUT2D eigenvalue weighted by Gasteiger charge is -2.01. The van der Waals surface area contributed by atoms with Crippen molar-refractivity contribution in [1.29, 1.82) is 0 Å². The standard InChI is InChI=1S/C21H14N2O5S2/c24-20(25)12-29-19(21-22-16-6-1-2-7-18(16)30-21)11-15-8-9-17(28-15)13-4-3-5-14(10-13)23(26)27/h1-11H,12H2,(H,24,25)/b19-11-. The first-order valence-corrected chi connectivity index (χ1v) is 10.6. The normalized spacial score (nSPS) is 11.7. The van der Waals surface area contributed by atoms with Crippen LogP contribution in [0.5, 0.6) is 0 Å². The average Bonchev–Trinajstić information content (AvgIpc) is 3.38. The molecule has 0 saturated heterocycles. The number of fused-ring (bicyclic) bond motifs is 1. The van der Waals surface area contributed by atoms with Gasteiger partial charge in [0.05, 0.1) is 20.9 Å². The summed E-state index contributed by atoms with van der Waals surface area (Å²) >= 11 is 2.64. The minimum absolute atomic E-state index is 0.0202. The quantitative estimate of drug-likeness (QED) is 0.288. The molecule has 150 valence electrons. The number of furan rings is 1. The molecule has 0 radical (unpaired) electrons. The molecule has 30 heavy (non-hydrogen) atoms. The summed E-state index contributed by atoms with van der Waals surface area (Å²) < 4.78 is 6.86. The van der Waals surface area contributed by atoms with E-state index in [1.165, 1.54) is 23.5 Å². The van der Waals surface area contributed by atoms with Crippen LogP contribution in [0.2, 0.25) is 0 Å². The summed E-state index contributed by atoms with van der Waals surface area (Å²) in [5.41, 5.74) is 1.41. The van der Waals surface area contributed by atoms with Gasteiger partial charge in [0.1, 0.15) is 16.5 Å². The maximum absolute atomic E-state index is 11.1. The van der Waals surface area contributed by atoms with E-state index in [4.69, 9.17) is 9.52 Å². The van der Waals surface area contributed by atoms with Gasteiger partial charge in [-0.2, -0.15) is 0 Å². The van der Waals surface area contributed by atoms with Crippen molar-refractivity contribution in [1.82, 2.24) is 4.98 Å². The minimum Gasteiger partial charge on any atom is -0.481 e. The first-order chi connectivity index (χ1) is 14.5. The molecule has 4 rings (SSSR count). The minimum atomic E-state index is -0.927. The molecule has 0 saturated carbocycles. The van der Waals surface area contributed by atoms with Gasteiger partial charge in [0.25, 0.3) is 5.69 Å². The van der Waals surface area contributed by atoms with E-state index in [0.29, 0.717) is 27.0 Å². The second-order valence-corrected chi connectivity index (χ2v) is 8.24. The molecule has 2 aromatic heterocycles. The molecule has 2 aromatic carbocycles. The van der Waals surface area contributed by atoms with Gasteiger partial charge in [-0.05, 0) is 30.3 Å². The molecule has 0 aliphatic carbocycles. The van der Waals surface area contributed by atoms with Crippen LogP contribution in [-0.2, 0) is 4.79 Å². The van der Waals surface area contributed by atoms with Gasteiger partial charge in [-0.15, -0.1) is 23.1 Å². The van der Waals surface area contributed by atoms with E-state index in [9.17, 15) is 14.9 Å². The molecule has 0 bridgehead atoms. The van der Waals surface area contributed by atoms with Gasteiger partial charge >= 0.3 is 5.97 Å². The molecule has 0 atom stereocenters. The molecule has 0 aliphatic heterocycles. The maximum atomic E-state index is 11.1. The number of hydrogen-bond acceptors (Lipinski definition) is 7. The van der Waals surface area contributed by atoms with Crippen LogP contribution in [0.1, 0.15) is 10.8 Å². The number of nitro benzene ring substituents is 1. The van der Waals surface area contributed by atoms with E-state index in [1.54, 1.807) is 30.3 Å². The fourth-order valence-corrected chi connectivity index (χ4v) is 4.60. The number of thiazole rings is 1. The van der Waals surface area contributed by atoms with Crippen molar-refractivity contribution < 1.29 is 19.2 Å². The number of carboxylic acid groups (broad SMARTS) is 1. The zero-order valence-corrected chi connectivity index (χ0v) is 17.0. The molecule has 2 heterocycles. The number of nitrogens with zero attached hydrogens (tertiary/aromatic N) is 2. The van der Waals surface area contributed by atoms with Gasteiger partial charge in [-0.25, -0.2) is 4.98 Å². The number of non-ortho nitro benzene ring substituents is 1. The number of carboxylic acids is 1. The van der Waals surface area contributed by atoms with Crippen molar-refractivity contribution in [3.05, 3.63) is 81.5 Å². The van der Waals surface area contributed by atoms with Gasteiger partial charge in [-0.1, -0.05) is 24.3 Å². The first kappa shape index (κ1) is 19.9. The molecule has 4 aromatic rings. The fraction of sp³-hybridized carbons (Fsp3) is 0.0476. The molecule has 9 heteroatoms. The van der Waals surface area contributed by atoms with E-state index in [0.717, 1.165) is 22.0 Å². The summed E-state index contributed by atoms with van der Waals surface area (Å²) in [6, 6.07) is 17.3. The molecular weight excluding hydrogens is 424 g/mol. The Hall–Kier alpha value is -3.43. The number of aromatic nitrogens is 1. The highest BCUT2D eigenvalue weighted by Gasteiger charge is 2.14. The van der Waals surface area contributed by atoms with Gasteiger partial charge < -0.3 is 9.52 Å². The summed E-state index contributed by atoms with van der Waals surface area (Å²) in [7, 11) is 0. The number of hydrogen-bond donors (Lipinski definition) is 1. The lowest BCUT2D eigenvalue weighted by atomic mass is 10.1. The van der Waals surface area contributed by atoms with Crippen LogP contribution < -0.4 is 0 Å². The van der Waals surface area contributed by atoms with E-state index in [2.05, 4.69) is 4.98 Å². The van der Waals surface area contributed by atoms with Crippen LogP contribution in [0.4, 0.5) is 5.69 Å². The SMILES string of the molecule is O=C(O)CS/C(=C\c1ccc(-c2cccc([N+](=O)[O-])c2)o1)c1nc2ccccc2s1. The topological polar surface area (TPSA) is 106 Å². The van der Waals surface area contributed by atoms with Crippen molar-refractivity contribution in [2.24, 2.45) is 0 Å². The van der Waals surface area contributed by atoms with E-state index in [1.807, 2.05) is 24.3 Å². The monoisotopic (exact) mass is 438 g/mol. The van der Waals surface area contributed by atoms with Gasteiger partial charge in [0, 0.05) is 22.6 Å². The number of carbonyl (C=O) groups is 1. The van der Waals surface area contributed by atoms with Crippen molar-refractivity contribution in [2.45, 2.75) is 0 Å². The zero-order chi connectivity index (χ0) is 21.1. The third kappa shape index (κ3) is 4.42. The van der Waals surface area contributed by atoms with Crippen LogP contribution in [-0.4, -0.2) is 26.7 Å². The number of nitro groups is 1. The summed E-state index contributed by atoms with van der Waals surface area (Å²) in [6.45, 7) is 0. The predicted molar refractivity (Wildman–Crippen MR) is 118 cm³/mol. The summed E-state index contributed by atoms with van der Waals surface area (Å²) in [5.74, 6) is -0.0514. The fourth-order valence-electron chi connectivity index (χ4n) is 2.77. The van der Waals surface area contributed by atoms with Gasteiger partial charge in [-0.3, -0.25) is 14.9 Å². The van der Waals surface area contributed by atoms with Crippen LogP contribution in [0.25, 0.3) is 32.5 Å². The Bertz CT molecular complexity index is 1240. The maximum Gasteiger partial charge on any atom is 0.313 e. The van der Waals surface area contributed by atoms with Crippen LogP contribution >= 0.6 is 23.1 Å². The molecular formula is C21H14N2O5S2. The largest absolute Gasteiger partial charge is 0.481 e. The lowest BCUT2D eigenvalue weighted by molar-refractivity contribution is -0.384. The number of rotatable bonds is 7. The van der Waals surface area contributed by atoms with Crippen molar-refractivity contribution in [2.75, 3.05) is 5.75 Å². The summed E-state index contributed by atoms with van der Waals surface area (Å²) in [6.07, 6.45) is 1.74. The van der Waals surface area contributed by atoms with Crippen molar-refractivity contribution in [3.8, 4) is 11.3 Å². The molecule has 0 aliphatic rings. The summed E-state index contributed by atoms with van der Waals surface area (Å²) in [4.78, 5) is 26.9. The molecule has 7 nitrogen and oxygen atoms in total. The first-order valence-electron chi connectivity index (χ1n) is 8.76. The van der Waals surface area contributed by atoms with Gasteiger partial charge in [0.2, 0.25) is 0 Å². The number of aliphatic carboxylic acids is 1. The zero-order valence-electron chi connectivity index (χ0n) is 15.3. The van der Waals surface area contributed by atoms with E-state index < -0.39 is 10.9 Å². The Morgan fingerprint density at radius 1 is 1.20 bits per heavy atom. The highest BCUT2D eigenvalue weighted by molar-refractivity contribution is 8.09. The van der Waals surface area contributed by atoms with Crippen LogP contribution in [0.3, 0.4) is 0 Å². The molecule has 1 N–H and O–H groups in total. The second kappa shape index (κ2) is 8.52. The number of thioether (sulfide) groups is 1. The van der Waals surface area contributed by atoms with Crippen molar-refractivity contribution >= 4 is 56.0 Å². The Labute approximate surface area is 178 Å². The van der Waals surface area contributed by atoms with Gasteiger partial charge in [0.15, 0.2) is 0 Å². The highest BCUT2D eigenvalue weighted by atomic mass is 32.2. The molecule has 0 spiro atoms. The Balaban J connectivity index is 1.69. The summed E-state index contributed by atoms with van der Waals surface area (Å²) in [5, 5.41) is 20.8. The lowest BCUT2D eigenvalue weighted by Crippen LogP contribution is -1.97. The smallest absolute Gasteiger partial charge is 0.313 e. The third-order valence-electron chi connectivity index (χ3n) is 4.10. The molecule has 0 amide bonds.